The van der Waals surface area contributed by atoms with Crippen LogP contribution >= 0.6 is 11.6 Å². The molecule has 1 amide bonds. The second-order valence-corrected chi connectivity index (χ2v) is 5.64. The molecule has 0 aliphatic carbocycles. The number of ether oxygens (including phenoxy) is 1. The minimum atomic E-state index is -0.470. The topological polar surface area (TPSA) is 38.3 Å². The van der Waals surface area contributed by atoms with Gasteiger partial charge in [-0.05, 0) is 41.8 Å². The van der Waals surface area contributed by atoms with E-state index in [0.717, 1.165) is 16.9 Å². The average molecular weight is 302 g/mol. The minimum Gasteiger partial charge on any atom is -0.480 e. The molecule has 0 radical (unpaired) electrons. The first-order valence-electron chi connectivity index (χ1n) is 6.91. The molecule has 1 atom stereocenters. The van der Waals surface area contributed by atoms with Gasteiger partial charge in [-0.25, -0.2) is 0 Å². The van der Waals surface area contributed by atoms with Crippen LogP contribution < -0.4 is 10.1 Å². The van der Waals surface area contributed by atoms with Crippen molar-refractivity contribution in [1.29, 1.82) is 0 Å². The second-order valence-electron chi connectivity index (χ2n) is 5.21. The molecule has 1 N–H and O–H groups in total. The van der Waals surface area contributed by atoms with Gasteiger partial charge in [-0.1, -0.05) is 35.9 Å². The third kappa shape index (κ3) is 3.03. The molecule has 4 heteroatoms. The van der Waals surface area contributed by atoms with Crippen molar-refractivity contribution in [2.24, 2.45) is 0 Å². The van der Waals surface area contributed by atoms with Crippen LogP contribution in [0.25, 0.3) is 0 Å². The molecule has 1 aliphatic rings. The number of rotatable bonds is 3. The van der Waals surface area contributed by atoms with E-state index in [1.54, 1.807) is 6.07 Å². The lowest BCUT2D eigenvalue weighted by atomic mass is 10.1. The van der Waals surface area contributed by atoms with Crippen LogP contribution in [0.2, 0.25) is 5.02 Å². The molecule has 0 spiro atoms. The second kappa shape index (κ2) is 5.78. The smallest absolute Gasteiger partial charge is 0.261 e. The summed E-state index contributed by atoms with van der Waals surface area (Å²) in [4.78, 5) is 12.2. The summed E-state index contributed by atoms with van der Waals surface area (Å²) < 4.78 is 5.67. The number of carbonyl (C=O) groups excluding carboxylic acids is 1. The van der Waals surface area contributed by atoms with Crippen LogP contribution in [-0.2, 0) is 17.8 Å². The van der Waals surface area contributed by atoms with E-state index in [1.165, 1.54) is 5.56 Å². The fourth-order valence-electron chi connectivity index (χ4n) is 2.47. The maximum Gasteiger partial charge on any atom is 0.261 e. The minimum absolute atomic E-state index is 0.0921. The molecule has 2 aromatic carbocycles. The first-order chi connectivity index (χ1) is 10.1. The Balaban J connectivity index is 1.62. The quantitative estimate of drug-likeness (QED) is 0.945. The lowest BCUT2D eigenvalue weighted by Gasteiger charge is -2.12. The molecule has 0 aromatic heterocycles. The summed E-state index contributed by atoms with van der Waals surface area (Å²) in [6.07, 6.45) is 0.0951. The van der Waals surface area contributed by atoms with Gasteiger partial charge in [0.2, 0.25) is 0 Å². The Morgan fingerprint density at radius 1 is 1.33 bits per heavy atom. The zero-order valence-corrected chi connectivity index (χ0v) is 12.5. The molecule has 0 fully saturated rings. The van der Waals surface area contributed by atoms with E-state index in [0.29, 0.717) is 18.0 Å². The summed E-state index contributed by atoms with van der Waals surface area (Å²) in [6.45, 7) is 2.55. The van der Waals surface area contributed by atoms with E-state index < -0.39 is 6.10 Å². The Hall–Kier alpha value is -2.00. The normalized spacial score (nSPS) is 16.2. The Morgan fingerprint density at radius 2 is 2.14 bits per heavy atom. The first kappa shape index (κ1) is 14.0. The van der Waals surface area contributed by atoms with E-state index in [2.05, 4.69) is 5.32 Å². The van der Waals surface area contributed by atoms with Crippen LogP contribution in [0.15, 0.2) is 42.5 Å². The van der Waals surface area contributed by atoms with Crippen molar-refractivity contribution < 1.29 is 9.53 Å². The molecule has 0 saturated heterocycles. The van der Waals surface area contributed by atoms with Crippen molar-refractivity contribution in [3.05, 3.63) is 64.2 Å². The van der Waals surface area contributed by atoms with Crippen molar-refractivity contribution in [3.63, 3.8) is 0 Å². The largest absolute Gasteiger partial charge is 0.480 e. The van der Waals surface area contributed by atoms with Crippen molar-refractivity contribution in [2.75, 3.05) is 0 Å². The zero-order valence-electron chi connectivity index (χ0n) is 11.7. The number of halogens is 1. The van der Waals surface area contributed by atoms with E-state index in [4.69, 9.17) is 16.3 Å². The summed E-state index contributed by atoms with van der Waals surface area (Å²) in [5.74, 6) is 0.654. The van der Waals surface area contributed by atoms with E-state index in [9.17, 15) is 4.79 Å². The Labute approximate surface area is 128 Å². The molecule has 2 aromatic rings. The van der Waals surface area contributed by atoms with Crippen molar-refractivity contribution in [3.8, 4) is 5.75 Å². The summed E-state index contributed by atoms with van der Waals surface area (Å²) in [5, 5.41) is 3.60. The van der Waals surface area contributed by atoms with Gasteiger partial charge in [0.25, 0.3) is 5.91 Å². The van der Waals surface area contributed by atoms with Gasteiger partial charge < -0.3 is 10.1 Å². The SMILES string of the molecule is Cc1ccccc1CNC(=O)[C@H]1Cc2cc(Cl)ccc2O1. The number of benzene rings is 2. The first-order valence-corrected chi connectivity index (χ1v) is 7.28. The van der Waals surface area contributed by atoms with Crippen LogP contribution in [0, 0.1) is 6.92 Å². The molecule has 1 aliphatic heterocycles. The molecule has 3 rings (SSSR count). The van der Waals surface area contributed by atoms with Crippen molar-refractivity contribution in [1.82, 2.24) is 5.32 Å². The summed E-state index contributed by atoms with van der Waals surface area (Å²) in [6, 6.07) is 13.4. The maximum absolute atomic E-state index is 12.2. The van der Waals surface area contributed by atoms with Gasteiger partial charge >= 0.3 is 0 Å². The zero-order chi connectivity index (χ0) is 14.8. The number of hydrogen-bond acceptors (Lipinski definition) is 2. The molecule has 0 bridgehead atoms. The molecule has 21 heavy (non-hydrogen) atoms. The number of nitrogens with one attached hydrogen (secondary N) is 1. The number of hydrogen-bond donors (Lipinski definition) is 1. The summed E-state index contributed by atoms with van der Waals surface area (Å²) in [7, 11) is 0. The van der Waals surface area contributed by atoms with E-state index in [-0.39, 0.29) is 5.91 Å². The maximum atomic E-state index is 12.2. The fraction of sp³-hybridized carbons (Fsp3) is 0.235. The Bertz CT molecular complexity index is 684. The predicted octanol–water partition coefficient (Wildman–Crippen LogP) is 3.27. The van der Waals surface area contributed by atoms with E-state index >= 15 is 0 Å². The number of carbonyl (C=O) groups is 1. The van der Waals surface area contributed by atoms with Gasteiger partial charge in [0, 0.05) is 18.0 Å². The van der Waals surface area contributed by atoms with Crippen molar-refractivity contribution >= 4 is 17.5 Å². The van der Waals surface area contributed by atoms with Crippen LogP contribution in [0.4, 0.5) is 0 Å². The van der Waals surface area contributed by atoms with Gasteiger partial charge in [-0.2, -0.15) is 0 Å². The number of fused-ring (bicyclic) bond motifs is 1. The van der Waals surface area contributed by atoms with Gasteiger partial charge in [-0.3, -0.25) is 4.79 Å². The molecule has 108 valence electrons. The lowest BCUT2D eigenvalue weighted by molar-refractivity contribution is -0.127. The number of aryl methyl sites for hydroxylation is 1. The summed E-state index contributed by atoms with van der Waals surface area (Å²) in [5.41, 5.74) is 3.27. The standard InChI is InChI=1S/C17H16ClNO2/c1-11-4-2-3-5-12(11)10-19-17(20)16-9-13-8-14(18)6-7-15(13)21-16/h2-8,16H,9-10H2,1H3,(H,19,20)/t16-/m1/s1. The fourth-order valence-corrected chi connectivity index (χ4v) is 2.66. The third-order valence-corrected chi connectivity index (χ3v) is 3.94. The highest BCUT2D eigenvalue weighted by atomic mass is 35.5. The molecular weight excluding hydrogens is 286 g/mol. The van der Waals surface area contributed by atoms with Gasteiger partial charge in [0.15, 0.2) is 6.10 Å². The molecular formula is C17H16ClNO2. The average Bonchev–Trinajstić information content (AvgIpc) is 2.89. The highest BCUT2D eigenvalue weighted by Gasteiger charge is 2.28. The molecule has 0 unspecified atom stereocenters. The Kier molecular flexibility index (Phi) is 3.84. The van der Waals surface area contributed by atoms with Gasteiger partial charge in [0.1, 0.15) is 5.75 Å². The van der Waals surface area contributed by atoms with Crippen LogP contribution in [0.3, 0.4) is 0 Å². The number of amides is 1. The predicted molar refractivity (Wildman–Crippen MR) is 82.6 cm³/mol. The van der Waals surface area contributed by atoms with Crippen LogP contribution in [0.1, 0.15) is 16.7 Å². The lowest BCUT2D eigenvalue weighted by Crippen LogP contribution is -2.37. The highest BCUT2D eigenvalue weighted by molar-refractivity contribution is 6.30. The van der Waals surface area contributed by atoms with Gasteiger partial charge in [-0.15, -0.1) is 0 Å². The molecule has 3 nitrogen and oxygen atoms in total. The monoisotopic (exact) mass is 301 g/mol. The van der Waals surface area contributed by atoms with Crippen molar-refractivity contribution in [2.45, 2.75) is 26.0 Å². The van der Waals surface area contributed by atoms with Crippen LogP contribution in [-0.4, -0.2) is 12.0 Å². The molecule has 0 saturated carbocycles. The third-order valence-electron chi connectivity index (χ3n) is 3.70. The van der Waals surface area contributed by atoms with Gasteiger partial charge in [0.05, 0.1) is 0 Å². The molecule has 1 heterocycles. The summed E-state index contributed by atoms with van der Waals surface area (Å²) >= 11 is 5.95. The Morgan fingerprint density at radius 3 is 2.95 bits per heavy atom. The van der Waals surface area contributed by atoms with E-state index in [1.807, 2.05) is 43.3 Å². The van der Waals surface area contributed by atoms with Crippen LogP contribution in [0.5, 0.6) is 5.75 Å². The highest BCUT2D eigenvalue weighted by Crippen LogP contribution is 2.31.